The summed E-state index contributed by atoms with van der Waals surface area (Å²) in [7, 11) is 0. The van der Waals surface area contributed by atoms with Gasteiger partial charge >= 0.3 is 0 Å². The molecule has 0 aromatic rings. The maximum Gasteiger partial charge on any atom is 0.0443 e. The molecule has 0 heterocycles. The zero-order valence-electron chi connectivity index (χ0n) is 12.7. The number of aliphatic hydroxyl groups excluding tert-OH is 1. The Kier molecular flexibility index (Phi) is 6.61. The Morgan fingerprint density at radius 2 is 2.00 bits per heavy atom. The summed E-state index contributed by atoms with van der Waals surface area (Å²) in [5.41, 5.74) is 0.301. The molecule has 0 atom stereocenters. The molecule has 1 aliphatic carbocycles. The Labute approximate surface area is 113 Å². The fraction of sp³-hybridized carbons (Fsp3) is 1.00. The Balaban J connectivity index is 2.41. The number of hydrogen-bond donors (Lipinski definition) is 2. The average Bonchev–Trinajstić information content (AvgIpc) is 2.20. The van der Waals surface area contributed by atoms with Crippen LogP contribution in [-0.2, 0) is 0 Å². The minimum Gasteiger partial charge on any atom is -0.396 e. The summed E-state index contributed by atoms with van der Waals surface area (Å²) in [5, 5.41) is 12.6. The Hall–Kier alpha value is -0.120. The van der Waals surface area contributed by atoms with Crippen LogP contribution in [0.1, 0.15) is 53.4 Å². The van der Waals surface area contributed by atoms with E-state index in [0.717, 1.165) is 32.1 Å². The second kappa shape index (κ2) is 7.46. The molecule has 3 heteroatoms. The molecule has 0 amide bonds. The molecule has 0 unspecified atom stereocenters. The van der Waals surface area contributed by atoms with Crippen molar-refractivity contribution in [1.82, 2.24) is 10.2 Å². The molecular weight excluding hydrogens is 224 g/mol. The summed E-state index contributed by atoms with van der Waals surface area (Å²) in [6, 6.07) is 1.33. The average molecular weight is 256 g/mol. The van der Waals surface area contributed by atoms with E-state index in [1.165, 1.54) is 19.3 Å². The van der Waals surface area contributed by atoms with Crippen molar-refractivity contribution >= 4 is 0 Å². The highest BCUT2D eigenvalue weighted by Gasteiger charge is 2.29. The Morgan fingerprint density at radius 1 is 1.33 bits per heavy atom. The van der Waals surface area contributed by atoms with Crippen molar-refractivity contribution in [2.45, 2.75) is 65.5 Å². The van der Waals surface area contributed by atoms with Crippen LogP contribution in [0.2, 0.25) is 0 Å². The van der Waals surface area contributed by atoms with Crippen LogP contribution in [0.5, 0.6) is 0 Å². The molecule has 0 spiro atoms. The summed E-state index contributed by atoms with van der Waals surface area (Å²) >= 11 is 0. The standard InChI is InChI=1S/C15H32N2O/c1-13(2)16-11-15(3,4)12-17(9-6-10-18)14-7-5-8-14/h13-14,16,18H,5-12H2,1-4H3. The van der Waals surface area contributed by atoms with E-state index in [1.807, 2.05) is 0 Å². The monoisotopic (exact) mass is 256 g/mol. The first kappa shape index (κ1) is 15.9. The molecule has 0 aliphatic heterocycles. The van der Waals surface area contributed by atoms with Crippen LogP contribution in [0.3, 0.4) is 0 Å². The van der Waals surface area contributed by atoms with E-state index in [0.29, 0.717) is 18.1 Å². The third-order valence-electron chi connectivity index (χ3n) is 3.81. The molecule has 18 heavy (non-hydrogen) atoms. The summed E-state index contributed by atoms with van der Waals surface area (Å²) in [6.45, 7) is 12.6. The van der Waals surface area contributed by atoms with Gasteiger partial charge in [-0.15, -0.1) is 0 Å². The maximum absolute atomic E-state index is 9.02. The number of nitrogens with one attached hydrogen (secondary N) is 1. The molecule has 3 nitrogen and oxygen atoms in total. The van der Waals surface area contributed by atoms with Crippen molar-refractivity contribution in [3.05, 3.63) is 0 Å². The highest BCUT2D eigenvalue weighted by Crippen LogP contribution is 2.28. The molecule has 108 valence electrons. The molecule has 1 rings (SSSR count). The largest absolute Gasteiger partial charge is 0.396 e. The van der Waals surface area contributed by atoms with Gasteiger partial charge in [-0.2, -0.15) is 0 Å². The van der Waals surface area contributed by atoms with E-state index in [1.54, 1.807) is 0 Å². The van der Waals surface area contributed by atoms with Gasteiger partial charge in [0.25, 0.3) is 0 Å². The summed E-state index contributed by atoms with van der Waals surface area (Å²) < 4.78 is 0. The van der Waals surface area contributed by atoms with Crippen molar-refractivity contribution < 1.29 is 5.11 Å². The van der Waals surface area contributed by atoms with Crippen molar-refractivity contribution in [3.8, 4) is 0 Å². The molecule has 0 saturated heterocycles. The second-order valence-electron chi connectivity index (χ2n) is 6.83. The van der Waals surface area contributed by atoms with E-state index in [4.69, 9.17) is 5.11 Å². The van der Waals surface area contributed by atoms with Crippen molar-refractivity contribution in [2.24, 2.45) is 5.41 Å². The third kappa shape index (κ3) is 5.68. The summed E-state index contributed by atoms with van der Waals surface area (Å²) in [4.78, 5) is 2.60. The number of aliphatic hydroxyl groups is 1. The van der Waals surface area contributed by atoms with E-state index in [-0.39, 0.29) is 0 Å². The van der Waals surface area contributed by atoms with Crippen LogP contribution in [0.25, 0.3) is 0 Å². The lowest BCUT2D eigenvalue weighted by molar-refractivity contribution is 0.0741. The van der Waals surface area contributed by atoms with Crippen molar-refractivity contribution in [3.63, 3.8) is 0 Å². The van der Waals surface area contributed by atoms with E-state index >= 15 is 0 Å². The molecular formula is C15H32N2O. The fourth-order valence-corrected chi connectivity index (χ4v) is 2.50. The zero-order valence-corrected chi connectivity index (χ0v) is 12.7. The van der Waals surface area contributed by atoms with Gasteiger partial charge in [0.15, 0.2) is 0 Å². The molecule has 1 aliphatic rings. The highest BCUT2D eigenvalue weighted by molar-refractivity contribution is 4.85. The predicted octanol–water partition coefficient (Wildman–Crippen LogP) is 2.25. The quantitative estimate of drug-likeness (QED) is 0.664. The minimum absolute atomic E-state index is 0.301. The fourth-order valence-electron chi connectivity index (χ4n) is 2.50. The smallest absolute Gasteiger partial charge is 0.0443 e. The predicted molar refractivity (Wildman–Crippen MR) is 77.8 cm³/mol. The third-order valence-corrected chi connectivity index (χ3v) is 3.81. The van der Waals surface area contributed by atoms with Gasteiger partial charge in [-0.05, 0) is 24.7 Å². The molecule has 0 aromatic heterocycles. The van der Waals surface area contributed by atoms with Gasteiger partial charge in [0.05, 0.1) is 0 Å². The normalized spacial score (nSPS) is 17.5. The van der Waals surface area contributed by atoms with Crippen LogP contribution in [0.4, 0.5) is 0 Å². The van der Waals surface area contributed by atoms with Crippen LogP contribution in [-0.4, -0.2) is 48.3 Å². The molecule has 2 N–H and O–H groups in total. The van der Waals surface area contributed by atoms with Crippen molar-refractivity contribution in [2.75, 3.05) is 26.2 Å². The maximum atomic E-state index is 9.02. The van der Waals surface area contributed by atoms with Crippen LogP contribution >= 0.6 is 0 Å². The topological polar surface area (TPSA) is 35.5 Å². The first-order valence-corrected chi connectivity index (χ1v) is 7.53. The summed E-state index contributed by atoms with van der Waals surface area (Å²) in [6.07, 6.45) is 4.98. The molecule has 0 aromatic carbocycles. The molecule has 0 radical (unpaired) electrons. The van der Waals surface area contributed by atoms with Gasteiger partial charge in [-0.25, -0.2) is 0 Å². The van der Waals surface area contributed by atoms with Gasteiger partial charge in [0, 0.05) is 38.3 Å². The minimum atomic E-state index is 0.301. The first-order chi connectivity index (χ1) is 8.44. The van der Waals surface area contributed by atoms with Crippen LogP contribution < -0.4 is 5.32 Å². The van der Waals surface area contributed by atoms with E-state index < -0.39 is 0 Å². The van der Waals surface area contributed by atoms with Gasteiger partial charge in [0.1, 0.15) is 0 Å². The van der Waals surface area contributed by atoms with Gasteiger partial charge in [-0.3, -0.25) is 4.90 Å². The van der Waals surface area contributed by atoms with Crippen molar-refractivity contribution in [1.29, 1.82) is 0 Å². The first-order valence-electron chi connectivity index (χ1n) is 7.53. The summed E-state index contributed by atoms with van der Waals surface area (Å²) in [5.74, 6) is 0. The highest BCUT2D eigenvalue weighted by atomic mass is 16.3. The molecule has 1 saturated carbocycles. The molecule has 0 bridgehead atoms. The lowest BCUT2D eigenvalue weighted by atomic mass is 9.86. The van der Waals surface area contributed by atoms with Crippen LogP contribution in [0.15, 0.2) is 0 Å². The number of hydrogen-bond acceptors (Lipinski definition) is 3. The van der Waals surface area contributed by atoms with Gasteiger partial charge in [-0.1, -0.05) is 34.1 Å². The Morgan fingerprint density at radius 3 is 2.44 bits per heavy atom. The number of nitrogens with zero attached hydrogens (tertiary/aromatic N) is 1. The number of rotatable bonds is 9. The van der Waals surface area contributed by atoms with Gasteiger partial charge < -0.3 is 10.4 Å². The Bertz CT molecular complexity index is 225. The lowest BCUT2D eigenvalue weighted by Gasteiger charge is -2.42. The van der Waals surface area contributed by atoms with Crippen LogP contribution in [0, 0.1) is 5.41 Å². The lowest BCUT2D eigenvalue weighted by Crippen LogP contribution is -2.48. The van der Waals surface area contributed by atoms with E-state index in [2.05, 4.69) is 37.9 Å². The second-order valence-corrected chi connectivity index (χ2v) is 6.83. The SMILES string of the molecule is CC(C)NCC(C)(C)CN(CCCO)C1CCC1. The van der Waals surface area contributed by atoms with E-state index in [9.17, 15) is 0 Å². The van der Waals surface area contributed by atoms with Gasteiger partial charge in [0.2, 0.25) is 0 Å². The molecule has 1 fully saturated rings. The zero-order chi connectivity index (χ0) is 13.6.